The smallest absolute Gasteiger partial charge is 0.304 e. The van der Waals surface area contributed by atoms with E-state index in [1.54, 1.807) is 0 Å². The maximum atomic E-state index is 10.8. The summed E-state index contributed by atoms with van der Waals surface area (Å²) in [5.41, 5.74) is 0. The molecule has 0 radical (unpaired) electrons. The maximum Gasteiger partial charge on any atom is 0.304 e. The molecular formula is C12H24N2O2. The minimum atomic E-state index is -0.667. The lowest BCUT2D eigenvalue weighted by molar-refractivity contribution is -0.138. The average Bonchev–Trinajstić information content (AvgIpc) is 2.25. The van der Waals surface area contributed by atoms with Gasteiger partial charge < -0.3 is 10.0 Å². The average molecular weight is 228 g/mol. The van der Waals surface area contributed by atoms with Crippen molar-refractivity contribution in [2.75, 3.05) is 33.2 Å². The summed E-state index contributed by atoms with van der Waals surface area (Å²) in [5, 5.41) is 8.93. The van der Waals surface area contributed by atoms with E-state index in [0.29, 0.717) is 6.42 Å². The molecule has 0 aromatic rings. The summed E-state index contributed by atoms with van der Waals surface area (Å²) in [7, 11) is 2.12. The second-order valence-corrected chi connectivity index (χ2v) is 4.73. The first-order valence-electron chi connectivity index (χ1n) is 6.28. The fourth-order valence-corrected chi connectivity index (χ4v) is 2.24. The highest BCUT2D eigenvalue weighted by atomic mass is 16.4. The van der Waals surface area contributed by atoms with Gasteiger partial charge in [-0.25, -0.2) is 0 Å². The van der Waals surface area contributed by atoms with E-state index in [9.17, 15) is 4.79 Å². The van der Waals surface area contributed by atoms with E-state index in [2.05, 4.69) is 23.8 Å². The van der Waals surface area contributed by atoms with E-state index < -0.39 is 5.97 Å². The summed E-state index contributed by atoms with van der Waals surface area (Å²) in [6.07, 6.45) is 3.59. The van der Waals surface area contributed by atoms with Gasteiger partial charge in [-0.2, -0.15) is 0 Å². The third kappa shape index (κ3) is 4.49. The van der Waals surface area contributed by atoms with Crippen molar-refractivity contribution in [1.82, 2.24) is 9.80 Å². The number of rotatable bonds is 6. The quantitative estimate of drug-likeness (QED) is 0.743. The third-order valence-electron chi connectivity index (χ3n) is 3.36. The molecule has 1 N–H and O–H groups in total. The van der Waals surface area contributed by atoms with Gasteiger partial charge in [0.05, 0.1) is 6.42 Å². The molecule has 0 aromatic carbocycles. The monoisotopic (exact) mass is 228 g/mol. The lowest BCUT2D eigenvalue weighted by atomic mass is 10.0. The van der Waals surface area contributed by atoms with Crippen LogP contribution in [0.25, 0.3) is 0 Å². The Balaban J connectivity index is 2.43. The van der Waals surface area contributed by atoms with Crippen LogP contribution in [0.4, 0.5) is 0 Å². The summed E-state index contributed by atoms with van der Waals surface area (Å²) in [4.78, 5) is 15.5. The van der Waals surface area contributed by atoms with E-state index >= 15 is 0 Å². The zero-order valence-electron chi connectivity index (χ0n) is 10.5. The highest BCUT2D eigenvalue weighted by molar-refractivity contribution is 5.67. The SMILES string of the molecule is CCCCC(CC(=O)O)N1CCN(C)CC1. The third-order valence-corrected chi connectivity index (χ3v) is 3.36. The summed E-state index contributed by atoms with van der Waals surface area (Å²) in [6.45, 7) is 6.29. The van der Waals surface area contributed by atoms with Gasteiger partial charge in [0.2, 0.25) is 0 Å². The Morgan fingerprint density at radius 3 is 2.44 bits per heavy atom. The van der Waals surface area contributed by atoms with Crippen molar-refractivity contribution in [2.24, 2.45) is 0 Å². The number of carboxylic acid groups (broad SMARTS) is 1. The summed E-state index contributed by atoms with van der Waals surface area (Å²) < 4.78 is 0. The van der Waals surface area contributed by atoms with Crippen LogP contribution in [-0.2, 0) is 4.79 Å². The number of aliphatic carboxylic acids is 1. The Kier molecular flexibility index (Phi) is 5.77. The molecule has 1 fully saturated rings. The fourth-order valence-electron chi connectivity index (χ4n) is 2.24. The lowest BCUT2D eigenvalue weighted by Crippen LogP contribution is -2.49. The molecule has 16 heavy (non-hydrogen) atoms. The molecule has 94 valence electrons. The lowest BCUT2D eigenvalue weighted by Gasteiger charge is -2.37. The van der Waals surface area contributed by atoms with Crippen LogP contribution in [0.2, 0.25) is 0 Å². The molecule has 1 rings (SSSR count). The number of hydrogen-bond donors (Lipinski definition) is 1. The Morgan fingerprint density at radius 1 is 1.31 bits per heavy atom. The molecule has 1 unspecified atom stereocenters. The molecule has 4 nitrogen and oxygen atoms in total. The van der Waals surface area contributed by atoms with Crippen LogP contribution in [0.15, 0.2) is 0 Å². The zero-order valence-corrected chi connectivity index (χ0v) is 10.5. The van der Waals surface area contributed by atoms with Crippen molar-refractivity contribution >= 4 is 5.97 Å². The summed E-state index contributed by atoms with van der Waals surface area (Å²) >= 11 is 0. The van der Waals surface area contributed by atoms with E-state index in [-0.39, 0.29) is 6.04 Å². The van der Waals surface area contributed by atoms with Crippen LogP contribution in [0.1, 0.15) is 32.6 Å². The molecular weight excluding hydrogens is 204 g/mol. The minimum Gasteiger partial charge on any atom is -0.481 e. The van der Waals surface area contributed by atoms with Crippen LogP contribution in [0.3, 0.4) is 0 Å². The van der Waals surface area contributed by atoms with Gasteiger partial charge in [-0.3, -0.25) is 9.69 Å². The van der Waals surface area contributed by atoms with Crippen LogP contribution in [0.5, 0.6) is 0 Å². The molecule has 0 amide bonds. The van der Waals surface area contributed by atoms with Crippen molar-refractivity contribution in [2.45, 2.75) is 38.6 Å². The number of nitrogens with zero attached hydrogens (tertiary/aromatic N) is 2. The standard InChI is InChI=1S/C12H24N2O2/c1-3-4-5-11(10-12(15)16)14-8-6-13(2)7-9-14/h11H,3-10H2,1-2H3,(H,15,16). The molecule has 1 atom stereocenters. The first-order chi connectivity index (χ1) is 7.63. The molecule has 1 heterocycles. The van der Waals surface area contributed by atoms with Gasteiger partial charge in [0.15, 0.2) is 0 Å². The Hall–Kier alpha value is -0.610. The molecule has 0 aromatic heterocycles. The molecule has 0 bridgehead atoms. The largest absolute Gasteiger partial charge is 0.481 e. The molecule has 1 saturated heterocycles. The Bertz CT molecular complexity index is 213. The second kappa shape index (κ2) is 6.86. The van der Waals surface area contributed by atoms with Crippen LogP contribution < -0.4 is 0 Å². The predicted molar refractivity (Wildman–Crippen MR) is 64.6 cm³/mol. The number of likely N-dealkylation sites (N-methyl/N-ethyl adjacent to an activating group) is 1. The highest BCUT2D eigenvalue weighted by Gasteiger charge is 2.23. The van der Waals surface area contributed by atoms with Crippen LogP contribution in [0, 0.1) is 0 Å². The first kappa shape index (κ1) is 13.5. The second-order valence-electron chi connectivity index (χ2n) is 4.73. The Labute approximate surface area is 98.2 Å². The van der Waals surface area contributed by atoms with Gasteiger partial charge in [0.1, 0.15) is 0 Å². The van der Waals surface area contributed by atoms with E-state index in [4.69, 9.17) is 5.11 Å². The molecule has 1 aliphatic rings. The van der Waals surface area contributed by atoms with Gasteiger partial charge in [-0.15, -0.1) is 0 Å². The minimum absolute atomic E-state index is 0.242. The molecule has 1 aliphatic heterocycles. The van der Waals surface area contributed by atoms with Gasteiger partial charge in [-0.05, 0) is 13.5 Å². The van der Waals surface area contributed by atoms with E-state index in [0.717, 1.165) is 45.4 Å². The number of piperazine rings is 1. The maximum absolute atomic E-state index is 10.8. The normalized spacial score (nSPS) is 20.9. The van der Waals surface area contributed by atoms with Crippen molar-refractivity contribution in [1.29, 1.82) is 0 Å². The number of carbonyl (C=O) groups is 1. The fraction of sp³-hybridized carbons (Fsp3) is 0.917. The highest BCUT2D eigenvalue weighted by Crippen LogP contribution is 2.14. The van der Waals surface area contributed by atoms with Gasteiger partial charge in [0, 0.05) is 32.2 Å². The summed E-state index contributed by atoms with van der Waals surface area (Å²) in [5.74, 6) is -0.667. The van der Waals surface area contributed by atoms with Crippen molar-refractivity contribution in [3.63, 3.8) is 0 Å². The predicted octanol–water partition coefficient (Wildman–Crippen LogP) is 1.27. The number of carboxylic acids is 1. The topological polar surface area (TPSA) is 43.8 Å². The first-order valence-corrected chi connectivity index (χ1v) is 6.28. The molecule has 0 saturated carbocycles. The Morgan fingerprint density at radius 2 is 1.94 bits per heavy atom. The van der Waals surface area contributed by atoms with E-state index in [1.165, 1.54) is 0 Å². The van der Waals surface area contributed by atoms with Gasteiger partial charge >= 0.3 is 5.97 Å². The summed E-state index contributed by atoms with van der Waals surface area (Å²) in [6, 6.07) is 0.242. The molecule has 0 spiro atoms. The van der Waals surface area contributed by atoms with Crippen LogP contribution >= 0.6 is 0 Å². The zero-order chi connectivity index (χ0) is 12.0. The van der Waals surface area contributed by atoms with Crippen molar-refractivity contribution in [3.05, 3.63) is 0 Å². The molecule has 0 aliphatic carbocycles. The van der Waals surface area contributed by atoms with E-state index in [1.807, 2.05) is 0 Å². The number of unbranched alkanes of at least 4 members (excludes halogenated alkanes) is 1. The number of hydrogen-bond acceptors (Lipinski definition) is 3. The van der Waals surface area contributed by atoms with Crippen LogP contribution in [-0.4, -0.2) is 60.1 Å². The van der Waals surface area contributed by atoms with Gasteiger partial charge in [-0.1, -0.05) is 19.8 Å². The van der Waals surface area contributed by atoms with Crippen molar-refractivity contribution < 1.29 is 9.90 Å². The van der Waals surface area contributed by atoms with Crippen molar-refractivity contribution in [3.8, 4) is 0 Å². The molecule has 4 heteroatoms. The van der Waals surface area contributed by atoms with Gasteiger partial charge in [0.25, 0.3) is 0 Å².